The van der Waals surface area contributed by atoms with E-state index in [2.05, 4.69) is 4.90 Å². The van der Waals surface area contributed by atoms with Gasteiger partial charge in [0.05, 0.1) is 19.3 Å². The molecule has 0 aromatic heterocycles. The van der Waals surface area contributed by atoms with Gasteiger partial charge >= 0.3 is 0 Å². The van der Waals surface area contributed by atoms with Crippen molar-refractivity contribution in [3.05, 3.63) is 66.0 Å². The maximum Gasteiger partial charge on any atom is 0.123 e. The molecule has 0 radical (unpaired) electrons. The molecule has 1 aliphatic carbocycles. The predicted octanol–water partition coefficient (Wildman–Crippen LogP) is 3.26. The van der Waals surface area contributed by atoms with Crippen molar-refractivity contribution < 1.29 is 19.3 Å². The zero-order valence-corrected chi connectivity index (χ0v) is 15.7. The van der Waals surface area contributed by atoms with E-state index < -0.39 is 6.10 Å². The van der Waals surface area contributed by atoms with Gasteiger partial charge in [0.15, 0.2) is 0 Å². The Hall–Kier alpha value is -1.95. The summed E-state index contributed by atoms with van der Waals surface area (Å²) in [5.41, 5.74) is 0.636. The summed E-state index contributed by atoms with van der Waals surface area (Å²) in [6.45, 7) is 2.43. The molecule has 2 aromatic carbocycles. The normalized spacial score (nSPS) is 25.4. The van der Waals surface area contributed by atoms with Crippen molar-refractivity contribution in [2.24, 2.45) is 11.8 Å². The molecule has 0 amide bonds. The molecule has 1 saturated carbocycles. The summed E-state index contributed by atoms with van der Waals surface area (Å²) >= 11 is 0. The highest BCUT2D eigenvalue weighted by atomic mass is 19.1. The Labute approximate surface area is 160 Å². The van der Waals surface area contributed by atoms with Gasteiger partial charge in [0.2, 0.25) is 0 Å². The summed E-state index contributed by atoms with van der Waals surface area (Å²) in [4.78, 5) is 2.23. The van der Waals surface area contributed by atoms with E-state index in [9.17, 15) is 14.6 Å². The molecule has 4 atom stereocenters. The fraction of sp³-hybridized carbons (Fsp3) is 0.455. The fourth-order valence-electron chi connectivity index (χ4n) is 4.13. The van der Waals surface area contributed by atoms with Crippen LogP contribution in [0.25, 0.3) is 0 Å². The van der Waals surface area contributed by atoms with Crippen LogP contribution in [0.5, 0.6) is 5.75 Å². The number of hydrogen-bond donors (Lipinski definition) is 2. The Morgan fingerprint density at radius 1 is 1.07 bits per heavy atom. The van der Waals surface area contributed by atoms with Gasteiger partial charge in [-0.15, -0.1) is 0 Å². The van der Waals surface area contributed by atoms with Crippen molar-refractivity contribution in [1.82, 2.24) is 4.90 Å². The molecule has 146 valence electrons. The number of aliphatic hydroxyl groups is 2. The standard InChI is InChI=1S/C15H20FNO2.C7H8O/c16-13-3-1-2-10(4-13)15(19)9-17-7-11-5-14(18)6-12(11)8-17;1-8-7-5-3-2-4-6-7/h1-4,11-12,14-15,18-19H,5-9H2;2-6H,1H3/t11-,12+,14?,15?;. The first-order valence-corrected chi connectivity index (χ1v) is 9.48. The first-order valence-electron chi connectivity index (χ1n) is 9.48. The highest BCUT2D eigenvalue weighted by molar-refractivity contribution is 5.20. The maximum atomic E-state index is 13.1. The van der Waals surface area contributed by atoms with Crippen LogP contribution >= 0.6 is 0 Å². The van der Waals surface area contributed by atoms with Gasteiger partial charge in [-0.1, -0.05) is 30.3 Å². The van der Waals surface area contributed by atoms with Crippen molar-refractivity contribution in [2.75, 3.05) is 26.7 Å². The second kappa shape index (κ2) is 9.31. The van der Waals surface area contributed by atoms with Crippen molar-refractivity contribution in [3.63, 3.8) is 0 Å². The lowest BCUT2D eigenvalue weighted by atomic mass is 10.0. The highest BCUT2D eigenvalue weighted by Gasteiger charge is 2.40. The molecule has 1 heterocycles. The van der Waals surface area contributed by atoms with Gasteiger partial charge in [-0.2, -0.15) is 0 Å². The summed E-state index contributed by atoms with van der Waals surface area (Å²) < 4.78 is 18.0. The summed E-state index contributed by atoms with van der Waals surface area (Å²) in [6.07, 6.45) is 0.999. The van der Waals surface area contributed by atoms with E-state index >= 15 is 0 Å². The zero-order valence-electron chi connectivity index (χ0n) is 15.7. The number of hydrogen-bond acceptors (Lipinski definition) is 4. The van der Waals surface area contributed by atoms with Crippen LogP contribution in [-0.4, -0.2) is 48.0 Å². The Kier molecular flexibility index (Phi) is 6.83. The minimum absolute atomic E-state index is 0.134. The van der Waals surface area contributed by atoms with Crippen LogP contribution in [0.15, 0.2) is 54.6 Å². The molecule has 2 aliphatic rings. The number of rotatable bonds is 4. The quantitative estimate of drug-likeness (QED) is 0.864. The lowest BCUT2D eigenvalue weighted by Crippen LogP contribution is -2.28. The number of aliphatic hydroxyl groups excluding tert-OH is 2. The third kappa shape index (κ3) is 5.51. The molecule has 0 spiro atoms. The number of fused-ring (bicyclic) bond motifs is 1. The van der Waals surface area contributed by atoms with Crippen molar-refractivity contribution in [1.29, 1.82) is 0 Å². The van der Waals surface area contributed by atoms with E-state index in [-0.39, 0.29) is 11.9 Å². The molecular weight excluding hydrogens is 345 g/mol. The van der Waals surface area contributed by atoms with E-state index in [0.29, 0.717) is 23.9 Å². The van der Waals surface area contributed by atoms with Crippen LogP contribution < -0.4 is 4.74 Å². The van der Waals surface area contributed by atoms with E-state index in [1.807, 2.05) is 30.3 Å². The average Bonchev–Trinajstić information content (AvgIpc) is 3.19. The van der Waals surface area contributed by atoms with Crippen LogP contribution in [0, 0.1) is 17.7 Å². The van der Waals surface area contributed by atoms with Gasteiger partial charge < -0.3 is 14.9 Å². The Morgan fingerprint density at radius 3 is 2.30 bits per heavy atom. The minimum atomic E-state index is -0.639. The number of para-hydroxylation sites is 1. The zero-order chi connectivity index (χ0) is 19.2. The van der Waals surface area contributed by atoms with Crippen molar-refractivity contribution >= 4 is 0 Å². The molecule has 0 bridgehead atoms. The number of halogens is 1. The molecule has 2 unspecified atom stereocenters. The molecular formula is C22H28FNO3. The third-order valence-electron chi connectivity index (χ3n) is 5.45. The minimum Gasteiger partial charge on any atom is -0.497 e. The third-order valence-corrected chi connectivity index (χ3v) is 5.45. The summed E-state index contributed by atoms with van der Waals surface area (Å²) in [6, 6.07) is 15.8. The van der Waals surface area contributed by atoms with Gasteiger partial charge in [-0.3, -0.25) is 4.90 Å². The summed E-state index contributed by atoms with van der Waals surface area (Å²) in [5, 5.41) is 19.8. The molecule has 1 aliphatic heterocycles. The number of nitrogens with zero attached hydrogens (tertiary/aromatic N) is 1. The number of benzene rings is 2. The Bertz CT molecular complexity index is 698. The smallest absolute Gasteiger partial charge is 0.123 e. The van der Waals surface area contributed by atoms with Gasteiger partial charge in [0, 0.05) is 19.6 Å². The largest absolute Gasteiger partial charge is 0.497 e. The lowest BCUT2D eigenvalue weighted by Gasteiger charge is -2.21. The molecule has 1 saturated heterocycles. The molecule has 2 aromatic rings. The monoisotopic (exact) mass is 373 g/mol. The van der Waals surface area contributed by atoms with Gasteiger partial charge in [0.25, 0.3) is 0 Å². The first kappa shape index (κ1) is 19.8. The van der Waals surface area contributed by atoms with E-state index in [1.54, 1.807) is 19.2 Å². The highest BCUT2D eigenvalue weighted by Crippen LogP contribution is 2.38. The van der Waals surface area contributed by atoms with Crippen LogP contribution in [0.1, 0.15) is 24.5 Å². The van der Waals surface area contributed by atoms with Gasteiger partial charge in [0.1, 0.15) is 11.6 Å². The van der Waals surface area contributed by atoms with E-state index in [4.69, 9.17) is 4.74 Å². The maximum absolute atomic E-state index is 13.1. The molecule has 27 heavy (non-hydrogen) atoms. The van der Waals surface area contributed by atoms with Crippen LogP contribution in [0.3, 0.4) is 0 Å². The second-order valence-corrected chi connectivity index (χ2v) is 7.45. The van der Waals surface area contributed by atoms with E-state index in [1.165, 1.54) is 12.1 Å². The molecule has 4 rings (SSSR count). The topological polar surface area (TPSA) is 52.9 Å². The van der Waals surface area contributed by atoms with Gasteiger partial charge in [-0.05, 0) is 54.5 Å². The predicted molar refractivity (Wildman–Crippen MR) is 103 cm³/mol. The number of ether oxygens (including phenoxy) is 1. The molecule has 2 N–H and O–H groups in total. The number of β-amino-alcohol motifs (C(OH)–C–C–N with tert-alkyl or cyclic N) is 1. The molecule has 5 heteroatoms. The van der Waals surface area contributed by atoms with Crippen LogP contribution in [0.2, 0.25) is 0 Å². The SMILES string of the molecule is COc1ccccc1.OC1C[C@@H]2CN(CC(O)c3cccc(F)c3)C[C@@H]2C1. The summed E-state index contributed by atoms with van der Waals surface area (Å²) in [7, 11) is 1.66. The Morgan fingerprint density at radius 2 is 1.74 bits per heavy atom. The first-order chi connectivity index (χ1) is 13.0. The molecule has 2 fully saturated rings. The number of methoxy groups -OCH3 is 1. The lowest BCUT2D eigenvalue weighted by molar-refractivity contribution is 0.113. The summed E-state index contributed by atoms with van der Waals surface area (Å²) in [5.74, 6) is 1.73. The van der Waals surface area contributed by atoms with Crippen LogP contribution in [0.4, 0.5) is 4.39 Å². The Balaban J connectivity index is 0.000000221. The average molecular weight is 373 g/mol. The van der Waals surface area contributed by atoms with Crippen molar-refractivity contribution in [3.8, 4) is 5.75 Å². The second-order valence-electron chi connectivity index (χ2n) is 7.45. The fourth-order valence-corrected chi connectivity index (χ4v) is 4.13. The van der Waals surface area contributed by atoms with Gasteiger partial charge in [-0.25, -0.2) is 4.39 Å². The molecule has 4 nitrogen and oxygen atoms in total. The van der Waals surface area contributed by atoms with Crippen molar-refractivity contribution in [2.45, 2.75) is 25.0 Å². The number of likely N-dealkylation sites (tertiary alicyclic amines) is 1. The van der Waals surface area contributed by atoms with E-state index in [0.717, 1.165) is 31.7 Å². The van der Waals surface area contributed by atoms with Crippen LogP contribution in [-0.2, 0) is 0 Å².